The van der Waals surface area contributed by atoms with Gasteiger partial charge in [-0.25, -0.2) is 4.99 Å². The predicted octanol–water partition coefficient (Wildman–Crippen LogP) is 5.01. The minimum Gasteiger partial charge on any atom is -0.379 e. The van der Waals surface area contributed by atoms with Crippen LogP contribution in [0.1, 0.15) is 36.1 Å². The highest BCUT2D eigenvalue weighted by Crippen LogP contribution is 2.45. The number of anilines is 1. The van der Waals surface area contributed by atoms with Gasteiger partial charge in [-0.15, -0.1) is 0 Å². The number of hydrogen-bond acceptors (Lipinski definition) is 7. The van der Waals surface area contributed by atoms with Crippen molar-refractivity contribution < 1.29 is 14.3 Å². The zero-order chi connectivity index (χ0) is 28.2. The number of nitrogens with one attached hydrogen (secondary N) is 2. The monoisotopic (exact) mass is 579 g/mol. The fraction of sp³-hybridized carbons (Fsp3) is 0.367. The SMILES string of the molecule is CC1=C(C(=O)Nc2ccc(C)cc2C)C(c2ccc(Cl)cc2)N2C(CC(=O)NCCN3CCOCC3)=CSC2=N1. The molecule has 0 aromatic heterocycles. The maximum Gasteiger partial charge on any atom is 0.255 e. The molecule has 10 heteroatoms. The molecule has 1 fully saturated rings. The van der Waals surface area contributed by atoms with Crippen molar-refractivity contribution in [1.29, 1.82) is 0 Å². The van der Waals surface area contributed by atoms with Gasteiger partial charge >= 0.3 is 0 Å². The number of morpholine rings is 1. The Morgan fingerprint density at radius 3 is 2.58 bits per heavy atom. The lowest BCUT2D eigenvalue weighted by atomic mass is 9.93. The molecule has 0 aliphatic carbocycles. The summed E-state index contributed by atoms with van der Waals surface area (Å²) < 4.78 is 5.40. The quantitative estimate of drug-likeness (QED) is 0.457. The molecule has 5 rings (SSSR count). The number of nitrogens with zero attached hydrogens (tertiary/aromatic N) is 3. The van der Waals surface area contributed by atoms with E-state index in [1.165, 1.54) is 11.8 Å². The molecule has 8 nitrogen and oxygen atoms in total. The molecule has 1 saturated heterocycles. The van der Waals surface area contributed by atoms with Gasteiger partial charge in [0, 0.05) is 42.6 Å². The molecule has 0 saturated carbocycles. The van der Waals surface area contributed by atoms with Crippen molar-refractivity contribution in [3.63, 3.8) is 0 Å². The zero-order valence-corrected chi connectivity index (χ0v) is 24.6. The summed E-state index contributed by atoms with van der Waals surface area (Å²) in [6.07, 6.45) is 0.185. The van der Waals surface area contributed by atoms with Crippen LogP contribution in [-0.2, 0) is 14.3 Å². The molecule has 0 radical (unpaired) electrons. The Labute approximate surface area is 244 Å². The smallest absolute Gasteiger partial charge is 0.255 e. The Balaban J connectivity index is 1.37. The fourth-order valence-corrected chi connectivity index (χ4v) is 6.26. The summed E-state index contributed by atoms with van der Waals surface area (Å²) in [4.78, 5) is 36.0. The van der Waals surface area contributed by atoms with Gasteiger partial charge in [-0.2, -0.15) is 0 Å². The van der Waals surface area contributed by atoms with Gasteiger partial charge in [0.15, 0.2) is 5.17 Å². The van der Waals surface area contributed by atoms with Crippen LogP contribution in [0.5, 0.6) is 0 Å². The van der Waals surface area contributed by atoms with Gasteiger partial charge in [-0.1, -0.05) is 53.2 Å². The van der Waals surface area contributed by atoms with E-state index in [0.717, 1.165) is 66.1 Å². The highest BCUT2D eigenvalue weighted by Gasteiger charge is 2.40. The van der Waals surface area contributed by atoms with E-state index in [2.05, 4.69) is 15.5 Å². The number of thioether (sulfide) groups is 1. The molecule has 3 heterocycles. The minimum atomic E-state index is -0.460. The van der Waals surface area contributed by atoms with Crippen molar-refractivity contribution in [3.05, 3.63) is 86.6 Å². The number of carbonyl (C=O) groups excluding carboxylic acids is 2. The molecule has 210 valence electrons. The number of carbonyl (C=O) groups is 2. The molecular weight excluding hydrogens is 546 g/mol. The van der Waals surface area contributed by atoms with E-state index < -0.39 is 6.04 Å². The summed E-state index contributed by atoms with van der Waals surface area (Å²) in [6.45, 7) is 10.5. The van der Waals surface area contributed by atoms with E-state index in [0.29, 0.717) is 22.8 Å². The molecule has 1 unspecified atom stereocenters. The van der Waals surface area contributed by atoms with Gasteiger partial charge < -0.3 is 20.3 Å². The first-order chi connectivity index (χ1) is 19.3. The van der Waals surface area contributed by atoms with Crippen molar-refractivity contribution in [1.82, 2.24) is 15.1 Å². The lowest BCUT2D eigenvalue weighted by Gasteiger charge is -2.36. The maximum atomic E-state index is 13.9. The van der Waals surface area contributed by atoms with Crippen molar-refractivity contribution in [3.8, 4) is 0 Å². The summed E-state index contributed by atoms with van der Waals surface area (Å²) >= 11 is 7.69. The number of hydrogen-bond donors (Lipinski definition) is 2. The number of halogens is 1. The van der Waals surface area contributed by atoms with Crippen LogP contribution in [0.2, 0.25) is 5.02 Å². The third kappa shape index (κ3) is 6.44. The van der Waals surface area contributed by atoms with Gasteiger partial charge in [-0.05, 0) is 55.5 Å². The predicted molar refractivity (Wildman–Crippen MR) is 161 cm³/mol. The van der Waals surface area contributed by atoms with Crippen molar-refractivity contribution >= 4 is 46.0 Å². The van der Waals surface area contributed by atoms with Crippen LogP contribution >= 0.6 is 23.4 Å². The van der Waals surface area contributed by atoms with E-state index in [1.54, 1.807) is 0 Å². The molecule has 3 aliphatic rings. The molecular formula is C30H34ClN5O3S. The largest absolute Gasteiger partial charge is 0.379 e. The molecule has 1 atom stereocenters. The first kappa shape index (κ1) is 28.4. The number of amidine groups is 1. The molecule has 2 aromatic carbocycles. The van der Waals surface area contributed by atoms with Gasteiger partial charge in [-0.3, -0.25) is 14.5 Å². The van der Waals surface area contributed by atoms with E-state index in [9.17, 15) is 9.59 Å². The summed E-state index contributed by atoms with van der Waals surface area (Å²) in [5, 5.41) is 9.48. The van der Waals surface area contributed by atoms with Crippen LogP contribution in [0.15, 0.2) is 69.8 Å². The summed E-state index contributed by atoms with van der Waals surface area (Å²) in [7, 11) is 0. The number of aryl methyl sites for hydroxylation is 2. The molecule has 2 N–H and O–H groups in total. The Bertz CT molecular complexity index is 1380. The number of ether oxygens (including phenoxy) is 1. The Morgan fingerprint density at radius 1 is 1.10 bits per heavy atom. The first-order valence-corrected chi connectivity index (χ1v) is 14.7. The van der Waals surface area contributed by atoms with Crippen LogP contribution in [0.25, 0.3) is 0 Å². The van der Waals surface area contributed by atoms with Crippen LogP contribution < -0.4 is 10.6 Å². The summed E-state index contributed by atoms with van der Waals surface area (Å²) in [6, 6.07) is 13.0. The van der Waals surface area contributed by atoms with Gasteiger partial charge in [0.2, 0.25) is 5.91 Å². The first-order valence-electron chi connectivity index (χ1n) is 13.5. The second kappa shape index (κ2) is 12.6. The molecule has 0 spiro atoms. The summed E-state index contributed by atoms with van der Waals surface area (Å²) in [5.41, 5.74) is 5.74. The van der Waals surface area contributed by atoms with E-state index in [-0.39, 0.29) is 18.2 Å². The normalized spacial score (nSPS) is 19.2. The number of allylic oxidation sites excluding steroid dienone is 1. The third-order valence-electron chi connectivity index (χ3n) is 7.26. The molecule has 0 bridgehead atoms. The lowest BCUT2D eigenvalue weighted by Crippen LogP contribution is -2.42. The van der Waals surface area contributed by atoms with Gasteiger partial charge in [0.25, 0.3) is 5.91 Å². The minimum absolute atomic E-state index is 0.0660. The van der Waals surface area contributed by atoms with E-state index >= 15 is 0 Å². The highest BCUT2D eigenvalue weighted by molar-refractivity contribution is 8.16. The van der Waals surface area contributed by atoms with Gasteiger partial charge in [0.1, 0.15) is 0 Å². The van der Waals surface area contributed by atoms with Crippen molar-refractivity contribution in [2.45, 2.75) is 33.2 Å². The second-order valence-electron chi connectivity index (χ2n) is 10.2. The number of fused-ring (bicyclic) bond motifs is 1. The molecule has 40 heavy (non-hydrogen) atoms. The third-order valence-corrected chi connectivity index (χ3v) is 8.40. The number of rotatable bonds is 8. The number of aliphatic imine (C=N–C) groups is 1. The second-order valence-corrected chi connectivity index (χ2v) is 11.5. The van der Waals surface area contributed by atoms with Crippen LogP contribution in [0.4, 0.5) is 5.69 Å². The van der Waals surface area contributed by atoms with Crippen molar-refractivity contribution in [2.24, 2.45) is 4.99 Å². The fourth-order valence-electron chi connectivity index (χ4n) is 5.17. The lowest BCUT2D eigenvalue weighted by molar-refractivity contribution is -0.120. The molecule has 2 aromatic rings. The van der Waals surface area contributed by atoms with Crippen LogP contribution in [0, 0.1) is 13.8 Å². The Kier molecular flexibility index (Phi) is 8.95. The van der Waals surface area contributed by atoms with Gasteiger partial charge in [0.05, 0.1) is 36.9 Å². The van der Waals surface area contributed by atoms with Crippen LogP contribution in [0.3, 0.4) is 0 Å². The maximum absolute atomic E-state index is 13.9. The zero-order valence-electron chi connectivity index (χ0n) is 23.0. The van der Waals surface area contributed by atoms with E-state index in [4.69, 9.17) is 21.3 Å². The molecule has 3 aliphatic heterocycles. The highest BCUT2D eigenvalue weighted by atomic mass is 35.5. The Hall–Kier alpha value is -3.11. The average molecular weight is 580 g/mol. The number of benzene rings is 2. The summed E-state index contributed by atoms with van der Waals surface area (Å²) in [5.74, 6) is -0.290. The van der Waals surface area contributed by atoms with Crippen LogP contribution in [-0.4, -0.2) is 66.2 Å². The Morgan fingerprint density at radius 2 is 1.85 bits per heavy atom. The topological polar surface area (TPSA) is 86.3 Å². The average Bonchev–Trinajstić information content (AvgIpc) is 3.32. The van der Waals surface area contributed by atoms with Crippen molar-refractivity contribution in [2.75, 3.05) is 44.7 Å². The standard InChI is InChI=1S/C30H34ClN5O3S/c1-19-4-9-25(20(2)16-19)34-29(38)27-21(3)33-30-36(28(27)22-5-7-23(31)8-6-22)24(18-40-30)17-26(37)32-10-11-35-12-14-39-15-13-35/h4-9,16,18,28H,10-15,17H2,1-3H3,(H,32,37)(H,34,38). The van der Waals surface area contributed by atoms with E-state index in [1.807, 2.05) is 73.5 Å². The number of amides is 2. The molecule has 2 amide bonds.